The van der Waals surface area contributed by atoms with Gasteiger partial charge in [-0.25, -0.2) is 0 Å². The first-order valence-corrected chi connectivity index (χ1v) is 9.98. The molecule has 0 saturated heterocycles. The van der Waals surface area contributed by atoms with Crippen molar-refractivity contribution in [1.29, 1.82) is 0 Å². The Bertz CT molecular complexity index is 802. The fourth-order valence-corrected chi connectivity index (χ4v) is 3.54. The van der Waals surface area contributed by atoms with Crippen molar-refractivity contribution in [3.8, 4) is 23.0 Å². The van der Waals surface area contributed by atoms with Crippen LogP contribution >= 0.6 is 8.58 Å². The lowest BCUT2D eigenvalue weighted by Crippen LogP contribution is -2.19. The number of hydrogen-bond donors (Lipinski definition) is 0. The van der Waals surface area contributed by atoms with Crippen LogP contribution in [0, 0.1) is 0 Å². The predicted molar refractivity (Wildman–Crippen MR) is 112 cm³/mol. The minimum absolute atomic E-state index is 0.131. The third-order valence-corrected chi connectivity index (χ3v) is 5.27. The van der Waals surface area contributed by atoms with Crippen LogP contribution in [0.4, 0.5) is 0 Å². The van der Waals surface area contributed by atoms with Gasteiger partial charge < -0.3 is 28.4 Å². The van der Waals surface area contributed by atoms with E-state index in [4.69, 9.17) is 28.4 Å². The highest BCUT2D eigenvalue weighted by atomic mass is 31.1. The lowest BCUT2D eigenvalue weighted by molar-refractivity contribution is -0.0421. The molecule has 0 saturated carbocycles. The van der Waals surface area contributed by atoms with Gasteiger partial charge in [0.25, 0.3) is 0 Å². The van der Waals surface area contributed by atoms with Crippen molar-refractivity contribution in [2.45, 2.75) is 26.4 Å². The largest absolute Gasteiger partial charge is 0.496 e. The third-order valence-electron chi connectivity index (χ3n) is 4.11. The molecule has 2 aromatic rings. The summed E-state index contributed by atoms with van der Waals surface area (Å²) in [5.41, 5.74) is 0.267. The molecule has 0 radical (unpaired) electrons. The van der Waals surface area contributed by atoms with Gasteiger partial charge in [0.15, 0.2) is 18.1 Å². The lowest BCUT2D eigenvalue weighted by Gasteiger charge is -2.19. The summed E-state index contributed by atoms with van der Waals surface area (Å²) in [6, 6.07) is 10.5. The van der Waals surface area contributed by atoms with Gasteiger partial charge in [-0.1, -0.05) is 6.07 Å². The molecule has 2 rings (SSSR count). The summed E-state index contributed by atoms with van der Waals surface area (Å²) >= 11 is 0. The number of ether oxygens (including phenoxy) is 6. The van der Waals surface area contributed by atoms with Crippen LogP contribution in [0.1, 0.15) is 24.2 Å². The molecule has 0 aromatic heterocycles. The van der Waals surface area contributed by atoms with Crippen LogP contribution in [0.15, 0.2) is 36.4 Å². The molecule has 3 atom stereocenters. The molecule has 0 N–H and O–H groups in total. The van der Waals surface area contributed by atoms with Crippen LogP contribution in [0.3, 0.4) is 0 Å². The number of carbonyl (C=O) groups excluding carboxylic acids is 1. The van der Waals surface area contributed by atoms with Crippen molar-refractivity contribution >= 4 is 19.4 Å². The van der Waals surface area contributed by atoms with Crippen LogP contribution in [-0.2, 0) is 9.47 Å². The Labute approximate surface area is 173 Å². The molecule has 2 aromatic carbocycles. The van der Waals surface area contributed by atoms with Gasteiger partial charge in [0.05, 0.1) is 14.2 Å². The fourth-order valence-electron chi connectivity index (χ4n) is 2.50. The molecule has 0 amide bonds. The van der Waals surface area contributed by atoms with Gasteiger partial charge in [0.2, 0.25) is 0 Å². The van der Waals surface area contributed by atoms with Crippen molar-refractivity contribution in [3.05, 3.63) is 42.0 Å². The highest BCUT2D eigenvalue weighted by Crippen LogP contribution is 2.36. The number of benzene rings is 2. The molecule has 29 heavy (non-hydrogen) atoms. The van der Waals surface area contributed by atoms with Gasteiger partial charge in [0.1, 0.15) is 28.6 Å². The summed E-state index contributed by atoms with van der Waals surface area (Å²) in [6.45, 7) is 3.55. The Morgan fingerprint density at radius 3 is 1.97 bits per heavy atom. The van der Waals surface area contributed by atoms with E-state index in [2.05, 4.69) is 0 Å². The Kier molecular flexibility index (Phi) is 8.70. The Hall–Kier alpha value is -2.34. The summed E-state index contributed by atoms with van der Waals surface area (Å²) in [5.74, 6) is 1.99. The van der Waals surface area contributed by atoms with Gasteiger partial charge >= 0.3 is 0 Å². The molecule has 3 unspecified atom stereocenters. The molecule has 0 aliphatic heterocycles. The molecule has 0 bridgehead atoms. The maximum absolute atomic E-state index is 13.1. The molecule has 158 valence electrons. The summed E-state index contributed by atoms with van der Waals surface area (Å²) in [7, 11) is 5.93. The minimum atomic E-state index is -0.496. The van der Waals surface area contributed by atoms with E-state index in [1.54, 1.807) is 64.5 Å². The van der Waals surface area contributed by atoms with E-state index in [0.29, 0.717) is 33.9 Å². The minimum Gasteiger partial charge on any atom is -0.496 e. The molecule has 0 heterocycles. The zero-order valence-corrected chi connectivity index (χ0v) is 18.5. The van der Waals surface area contributed by atoms with Gasteiger partial charge in [-0.2, -0.15) is 0 Å². The second kappa shape index (κ2) is 11.0. The summed E-state index contributed by atoms with van der Waals surface area (Å²) in [5, 5.41) is 0.712. The Morgan fingerprint density at radius 1 is 0.828 bits per heavy atom. The van der Waals surface area contributed by atoms with E-state index in [-0.39, 0.29) is 14.1 Å². The van der Waals surface area contributed by atoms with E-state index >= 15 is 0 Å². The highest BCUT2D eigenvalue weighted by Gasteiger charge is 2.21. The van der Waals surface area contributed by atoms with E-state index < -0.39 is 12.6 Å². The zero-order chi connectivity index (χ0) is 21.4. The van der Waals surface area contributed by atoms with Gasteiger partial charge in [-0.15, -0.1) is 0 Å². The maximum Gasteiger partial charge on any atom is 0.196 e. The van der Waals surface area contributed by atoms with Crippen LogP contribution in [0.5, 0.6) is 23.0 Å². The second-order valence-corrected chi connectivity index (χ2v) is 7.23. The summed E-state index contributed by atoms with van der Waals surface area (Å²) in [4.78, 5) is 13.1. The van der Waals surface area contributed by atoms with Gasteiger partial charge in [-0.05, 0) is 46.7 Å². The average molecular weight is 422 g/mol. The quantitative estimate of drug-likeness (QED) is 0.405. The van der Waals surface area contributed by atoms with Crippen LogP contribution in [-0.4, -0.2) is 46.5 Å². The Balaban J connectivity index is 2.37. The smallest absolute Gasteiger partial charge is 0.196 e. The number of methoxy groups -OCH3 is 4. The third kappa shape index (κ3) is 6.07. The van der Waals surface area contributed by atoms with Crippen LogP contribution in [0.25, 0.3) is 0 Å². The van der Waals surface area contributed by atoms with E-state index in [0.717, 1.165) is 0 Å². The van der Waals surface area contributed by atoms with E-state index in [1.165, 1.54) is 14.2 Å². The number of rotatable bonds is 11. The second-order valence-electron chi connectivity index (χ2n) is 5.99. The molecule has 7 nitrogen and oxygen atoms in total. The SMILES string of the molecule is COc1cccc(OC)c1C(=O)Pc1ccc(OC(C)OC)cc1OC(C)OC. The first-order valence-electron chi connectivity index (χ1n) is 8.98. The average Bonchev–Trinajstić information content (AvgIpc) is 2.74. The monoisotopic (exact) mass is 422 g/mol. The first kappa shape index (κ1) is 22.9. The fraction of sp³-hybridized carbons (Fsp3) is 0.381. The molecular weight excluding hydrogens is 395 g/mol. The van der Waals surface area contributed by atoms with E-state index in [1.807, 2.05) is 0 Å². The number of hydrogen-bond acceptors (Lipinski definition) is 7. The van der Waals surface area contributed by atoms with Crippen molar-refractivity contribution in [1.82, 2.24) is 0 Å². The van der Waals surface area contributed by atoms with Crippen molar-refractivity contribution < 1.29 is 33.2 Å². The van der Waals surface area contributed by atoms with Crippen molar-refractivity contribution in [2.75, 3.05) is 28.4 Å². The van der Waals surface area contributed by atoms with Gasteiger partial charge in [0, 0.05) is 25.6 Å². The topological polar surface area (TPSA) is 72.5 Å². The molecule has 8 heteroatoms. The maximum atomic E-state index is 13.1. The Morgan fingerprint density at radius 2 is 1.41 bits per heavy atom. The standard InChI is InChI=1S/C21H27O7P/c1-13(23-3)27-15-10-11-19(18(12-15)28-14(2)24-4)29-21(22)20-16(25-5)8-7-9-17(20)26-6/h7-14,29H,1-6H3. The summed E-state index contributed by atoms with van der Waals surface area (Å²) < 4.78 is 32.6. The molecule has 0 aliphatic carbocycles. The normalized spacial score (nSPS) is 13.2. The van der Waals surface area contributed by atoms with E-state index in [9.17, 15) is 4.79 Å². The highest BCUT2D eigenvalue weighted by molar-refractivity contribution is 7.66. The zero-order valence-electron chi connectivity index (χ0n) is 17.5. The number of carbonyl (C=O) groups is 1. The van der Waals surface area contributed by atoms with Crippen LogP contribution in [0.2, 0.25) is 0 Å². The lowest BCUT2D eigenvalue weighted by atomic mass is 10.2. The molecule has 0 aliphatic rings. The predicted octanol–water partition coefficient (Wildman–Crippen LogP) is 3.59. The van der Waals surface area contributed by atoms with Crippen molar-refractivity contribution in [2.24, 2.45) is 0 Å². The van der Waals surface area contributed by atoms with Crippen LogP contribution < -0.4 is 24.3 Å². The molecule has 0 spiro atoms. The van der Waals surface area contributed by atoms with Gasteiger partial charge in [-0.3, -0.25) is 4.79 Å². The first-order chi connectivity index (χ1) is 13.9. The summed E-state index contributed by atoms with van der Waals surface area (Å²) in [6.07, 6.45) is -0.917. The molecule has 0 fully saturated rings. The van der Waals surface area contributed by atoms with Crippen molar-refractivity contribution in [3.63, 3.8) is 0 Å². The molecular formula is C21H27O7P.